The third-order valence-corrected chi connectivity index (χ3v) is 5.39. The fourth-order valence-corrected chi connectivity index (χ4v) is 3.74. The molecule has 0 bridgehead atoms. The highest BCUT2D eigenvalue weighted by molar-refractivity contribution is 14.0. The van der Waals surface area contributed by atoms with Crippen LogP contribution in [0.5, 0.6) is 11.5 Å². The highest BCUT2D eigenvalue weighted by Crippen LogP contribution is 2.34. The van der Waals surface area contributed by atoms with Gasteiger partial charge in [-0.25, -0.2) is 0 Å². The first-order valence-corrected chi connectivity index (χ1v) is 10.8. The molecule has 0 aromatic heterocycles. The van der Waals surface area contributed by atoms with Crippen molar-refractivity contribution in [2.45, 2.75) is 57.3 Å². The van der Waals surface area contributed by atoms with Gasteiger partial charge in [0.25, 0.3) is 0 Å². The Kier molecular flexibility index (Phi) is 11.6. The minimum atomic E-state index is 0. The minimum absolute atomic E-state index is 0. The van der Waals surface area contributed by atoms with Gasteiger partial charge in [0.2, 0.25) is 0 Å². The van der Waals surface area contributed by atoms with E-state index in [-0.39, 0.29) is 36.2 Å². The summed E-state index contributed by atoms with van der Waals surface area (Å²) in [4.78, 5) is 4.32. The lowest BCUT2D eigenvalue weighted by molar-refractivity contribution is 0.0420. The first kappa shape index (κ1) is 25.0. The number of ether oxygens (including phenoxy) is 4. The normalized spacial score (nSPS) is 19.4. The summed E-state index contributed by atoms with van der Waals surface area (Å²) >= 11 is 0. The van der Waals surface area contributed by atoms with E-state index >= 15 is 0 Å². The highest BCUT2D eigenvalue weighted by atomic mass is 127. The van der Waals surface area contributed by atoms with E-state index < -0.39 is 0 Å². The number of guanidine groups is 1. The average molecular weight is 533 g/mol. The van der Waals surface area contributed by atoms with Crippen LogP contribution in [0.1, 0.15) is 44.1 Å². The predicted molar refractivity (Wildman–Crippen MR) is 129 cm³/mol. The lowest BCUT2D eigenvalue weighted by Crippen LogP contribution is -2.37. The molecule has 0 spiro atoms. The Balaban J connectivity index is 0.00000320. The summed E-state index contributed by atoms with van der Waals surface area (Å²) in [5, 5.41) is 6.72. The summed E-state index contributed by atoms with van der Waals surface area (Å²) < 4.78 is 23.0. The Morgan fingerprint density at radius 3 is 2.70 bits per heavy atom. The van der Waals surface area contributed by atoms with Crippen LogP contribution in [0.4, 0.5) is 0 Å². The lowest BCUT2D eigenvalue weighted by atomic mass is 10.1. The Hall–Kier alpha value is -1.26. The minimum Gasteiger partial charge on any atom is -0.493 e. The van der Waals surface area contributed by atoms with Crippen molar-refractivity contribution in [3.05, 3.63) is 23.8 Å². The molecule has 2 fully saturated rings. The van der Waals surface area contributed by atoms with E-state index in [9.17, 15) is 0 Å². The monoisotopic (exact) mass is 533 g/mol. The van der Waals surface area contributed by atoms with Crippen LogP contribution in [0.2, 0.25) is 0 Å². The van der Waals surface area contributed by atoms with Gasteiger partial charge >= 0.3 is 0 Å². The van der Waals surface area contributed by atoms with E-state index in [1.165, 1.54) is 12.8 Å². The van der Waals surface area contributed by atoms with Crippen molar-refractivity contribution in [3.63, 3.8) is 0 Å². The van der Waals surface area contributed by atoms with Gasteiger partial charge in [0.1, 0.15) is 0 Å². The van der Waals surface area contributed by atoms with Crippen LogP contribution in [0.25, 0.3) is 0 Å². The Morgan fingerprint density at radius 2 is 2.00 bits per heavy atom. The molecule has 2 aliphatic rings. The number of aliphatic imine (C=N–C) groups is 1. The first-order valence-electron chi connectivity index (χ1n) is 10.8. The second kappa shape index (κ2) is 13.9. The number of hydrogen-bond acceptors (Lipinski definition) is 5. The number of hydrogen-bond donors (Lipinski definition) is 2. The van der Waals surface area contributed by atoms with E-state index in [2.05, 4.69) is 21.7 Å². The van der Waals surface area contributed by atoms with Gasteiger partial charge in [0.15, 0.2) is 17.5 Å². The van der Waals surface area contributed by atoms with Crippen LogP contribution in [-0.4, -0.2) is 58.7 Å². The van der Waals surface area contributed by atoms with E-state index in [1.807, 2.05) is 12.1 Å². The zero-order valence-corrected chi connectivity index (χ0v) is 20.5. The van der Waals surface area contributed by atoms with Gasteiger partial charge in [-0.2, -0.15) is 0 Å². The van der Waals surface area contributed by atoms with E-state index in [0.717, 1.165) is 75.1 Å². The number of nitrogens with zero attached hydrogens (tertiary/aromatic N) is 1. The third-order valence-electron chi connectivity index (χ3n) is 5.39. The molecule has 1 aromatic carbocycles. The van der Waals surface area contributed by atoms with Crippen LogP contribution in [0.3, 0.4) is 0 Å². The predicted octanol–water partition coefficient (Wildman–Crippen LogP) is 3.50. The molecule has 2 N–H and O–H groups in total. The second-order valence-electron chi connectivity index (χ2n) is 7.54. The molecule has 30 heavy (non-hydrogen) atoms. The molecule has 1 atom stereocenters. The molecule has 8 heteroatoms. The van der Waals surface area contributed by atoms with Crippen LogP contribution in [-0.2, 0) is 16.0 Å². The molecule has 7 nitrogen and oxygen atoms in total. The van der Waals surface area contributed by atoms with Gasteiger partial charge in [-0.05, 0) is 44.6 Å². The first-order chi connectivity index (χ1) is 14.3. The average Bonchev–Trinajstić information content (AvgIpc) is 3.45. The van der Waals surface area contributed by atoms with E-state index in [0.29, 0.717) is 6.54 Å². The highest BCUT2D eigenvalue weighted by Gasteiger charge is 2.20. The second-order valence-corrected chi connectivity index (χ2v) is 7.54. The largest absolute Gasteiger partial charge is 0.493 e. The molecular weight excluding hydrogens is 497 g/mol. The molecule has 1 unspecified atom stereocenters. The van der Waals surface area contributed by atoms with Crippen LogP contribution < -0.4 is 20.1 Å². The number of nitrogens with one attached hydrogen (secondary N) is 2. The summed E-state index contributed by atoms with van der Waals surface area (Å²) in [5.74, 6) is 2.40. The van der Waals surface area contributed by atoms with Gasteiger partial charge < -0.3 is 29.6 Å². The SMILES string of the molecule is CN=C(NCCCOC1CCOC1)NCc1cccc(OC)c1OC1CCCC1.I. The zero-order chi connectivity index (χ0) is 20.3. The third kappa shape index (κ3) is 7.77. The molecule has 1 aliphatic carbocycles. The molecule has 170 valence electrons. The molecule has 1 saturated carbocycles. The maximum Gasteiger partial charge on any atom is 0.191 e. The Labute approximate surface area is 197 Å². The van der Waals surface area contributed by atoms with E-state index in [1.54, 1.807) is 14.2 Å². The Morgan fingerprint density at radius 1 is 1.17 bits per heavy atom. The fraction of sp³-hybridized carbons (Fsp3) is 0.682. The quantitative estimate of drug-likeness (QED) is 0.208. The summed E-state index contributed by atoms with van der Waals surface area (Å²) in [7, 11) is 3.47. The Bertz CT molecular complexity index is 647. The molecule has 1 aromatic rings. The summed E-state index contributed by atoms with van der Waals surface area (Å²) in [6.45, 7) is 3.69. The van der Waals surface area contributed by atoms with Crippen LogP contribution in [0.15, 0.2) is 23.2 Å². The van der Waals surface area contributed by atoms with Crippen molar-refractivity contribution in [1.82, 2.24) is 10.6 Å². The molecule has 1 heterocycles. The molecule has 0 radical (unpaired) electrons. The number of halogens is 1. The molecule has 1 aliphatic heterocycles. The lowest BCUT2D eigenvalue weighted by Gasteiger charge is -2.20. The molecule has 3 rings (SSSR count). The van der Waals surface area contributed by atoms with Crippen LogP contribution >= 0.6 is 24.0 Å². The van der Waals surface area contributed by atoms with Gasteiger partial charge in [0.05, 0.1) is 25.9 Å². The smallest absolute Gasteiger partial charge is 0.191 e. The number of para-hydroxylation sites is 1. The number of rotatable bonds is 10. The van der Waals surface area contributed by atoms with Crippen molar-refractivity contribution < 1.29 is 18.9 Å². The topological polar surface area (TPSA) is 73.3 Å². The van der Waals surface area contributed by atoms with Crippen molar-refractivity contribution in [3.8, 4) is 11.5 Å². The molecule has 0 amide bonds. The zero-order valence-electron chi connectivity index (χ0n) is 18.2. The van der Waals surface area contributed by atoms with Crippen LogP contribution in [0, 0.1) is 0 Å². The number of benzene rings is 1. The van der Waals surface area contributed by atoms with Crippen molar-refractivity contribution in [1.29, 1.82) is 0 Å². The van der Waals surface area contributed by atoms with Gasteiger partial charge in [-0.15, -0.1) is 24.0 Å². The maximum atomic E-state index is 6.30. The number of methoxy groups -OCH3 is 1. The fourth-order valence-electron chi connectivity index (χ4n) is 3.74. The summed E-state index contributed by atoms with van der Waals surface area (Å²) in [5.41, 5.74) is 1.07. The van der Waals surface area contributed by atoms with Gasteiger partial charge in [0, 0.05) is 38.9 Å². The molecule has 1 saturated heterocycles. The van der Waals surface area contributed by atoms with Crippen molar-refractivity contribution in [2.24, 2.45) is 4.99 Å². The summed E-state index contributed by atoms with van der Waals surface area (Å²) in [6.07, 6.45) is 7.18. The van der Waals surface area contributed by atoms with Gasteiger partial charge in [-0.3, -0.25) is 4.99 Å². The van der Waals surface area contributed by atoms with E-state index in [4.69, 9.17) is 18.9 Å². The summed E-state index contributed by atoms with van der Waals surface area (Å²) in [6, 6.07) is 6.03. The van der Waals surface area contributed by atoms with Crippen molar-refractivity contribution >= 4 is 29.9 Å². The standard InChI is InChI=1S/C22H35N3O4.HI/c1-23-22(24-12-6-13-28-19-11-14-27-16-19)25-15-17-7-5-10-20(26-2)21(17)29-18-8-3-4-9-18;/h5,7,10,18-19H,3-4,6,8-9,11-16H2,1-2H3,(H2,23,24,25);1H. The van der Waals surface area contributed by atoms with Gasteiger partial charge in [-0.1, -0.05) is 12.1 Å². The van der Waals surface area contributed by atoms with Crippen molar-refractivity contribution in [2.75, 3.05) is 40.5 Å². The maximum absolute atomic E-state index is 6.30. The molecular formula is C22H36IN3O4.